The molecule has 0 radical (unpaired) electrons. The van der Waals surface area contributed by atoms with E-state index in [2.05, 4.69) is 30.4 Å². The van der Waals surface area contributed by atoms with Crippen LogP contribution in [0.15, 0.2) is 24.3 Å². The molecule has 1 aromatic rings. The van der Waals surface area contributed by atoms with Gasteiger partial charge in [-0.05, 0) is 24.1 Å². The van der Waals surface area contributed by atoms with Crippen molar-refractivity contribution in [2.45, 2.75) is 26.0 Å². The van der Waals surface area contributed by atoms with Crippen molar-refractivity contribution in [2.24, 2.45) is 0 Å². The number of benzene rings is 1. The van der Waals surface area contributed by atoms with Crippen molar-refractivity contribution in [3.8, 4) is 0 Å². The quantitative estimate of drug-likeness (QED) is 0.741. The van der Waals surface area contributed by atoms with E-state index in [1.807, 2.05) is 6.07 Å². The number of aliphatic hydroxyl groups is 1. The van der Waals surface area contributed by atoms with Crippen LogP contribution in [0.1, 0.15) is 30.5 Å². The summed E-state index contributed by atoms with van der Waals surface area (Å²) in [6.45, 7) is 3.81. The Labute approximate surface area is 97.4 Å². The summed E-state index contributed by atoms with van der Waals surface area (Å²) < 4.78 is 5.11. The van der Waals surface area contributed by atoms with E-state index in [9.17, 15) is 0 Å². The Hall–Kier alpha value is -0.900. The van der Waals surface area contributed by atoms with Gasteiger partial charge in [-0.25, -0.2) is 0 Å². The van der Waals surface area contributed by atoms with Gasteiger partial charge in [0.15, 0.2) is 0 Å². The van der Waals surface area contributed by atoms with Crippen molar-refractivity contribution >= 4 is 0 Å². The molecule has 0 spiro atoms. The number of rotatable bonds is 7. The maximum atomic E-state index is 9.03. The molecule has 1 unspecified atom stereocenters. The van der Waals surface area contributed by atoms with Crippen molar-refractivity contribution in [3.63, 3.8) is 0 Å². The molecule has 1 rings (SSSR count). The molecule has 3 heteroatoms. The van der Waals surface area contributed by atoms with Gasteiger partial charge in [-0.15, -0.1) is 0 Å². The Morgan fingerprint density at radius 2 is 2.25 bits per heavy atom. The van der Waals surface area contributed by atoms with Crippen LogP contribution in [0.25, 0.3) is 0 Å². The van der Waals surface area contributed by atoms with E-state index in [4.69, 9.17) is 9.84 Å². The lowest BCUT2D eigenvalue weighted by molar-refractivity contribution is 0.184. The predicted molar refractivity (Wildman–Crippen MR) is 65.3 cm³/mol. The summed E-state index contributed by atoms with van der Waals surface area (Å²) >= 11 is 0. The molecule has 16 heavy (non-hydrogen) atoms. The molecule has 1 aromatic carbocycles. The third-order valence-corrected chi connectivity index (χ3v) is 2.53. The molecule has 0 aromatic heterocycles. The monoisotopic (exact) mass is 223 g/mol. The van der Waals surface area contributed by atoms with Gasteiger partial charge in [0.1, 0.15) is 0 Å². The number of hydrogen-bond acceptors (Lipinski definition) is 3. The molecule has 0 fully saturated rings. The first kappa shape index (κ1) is 13.2. The smallest absolute Gasteiger partial charge is 0.0713 e. The van der Waals surface area contributed by atoms with Crippen LogP contribution in [-0.2, 0) is 11.3 Å². The van der Waals surface area contributed by atoms with Crippen LogP contribution in [0.4, 0.5) is 0 Å². The molecule has 1 atom stereocenters. The highest BCUT2D eigenvalue weighted by atomic mass is 16.5. The molecular formula is C13H21NO2. The van der Waals surface area contributed by atoms with Gasteiger partial charge in [-0.3, -0.25) is 0 Å². The standard InChI is InChI=1S/C13H21NO2/c1-3-14-13(7-8-15)12-6-4-5-11(9-12)10-16-2/h4-6,9,13-15H,3,7-8,10H2,1-2H3. The van der Waals surface area contributed by atoms with E-state index < -0.39 is 0 Å². The van der Waals surface area contributed by atoms with Crippen LogP contribution >= 0.6 is 0 Å². The SMILES string of the molecule is CCNC(CCO)c1cccc(COC)c1. The first-order chi connectivity index (χ1) is 7.81. The molecule has 0 aliphatic rings. The van der Waals surface area contributed by atoms with Gasteiger partial charge in [0.2, 0.25) is 0 Å². The summed E-state index contributed by atoms with van der Waals surface area (Å²) in [6, 6.07) is 8.53. The number of aliphatic hydroxyl groups excluding tert-OH is 1. The van der Waals surface area contributed by atoms with Crippen LogP contribution in [0.5, 0.6) is 0 Å². The van der Waals surface area contributed by atoms with Crippen molar-refractivity contribution in [2.75, 3.05) is 20.3 Å². The summed E-state index contributed by atoms with van der Waals surface area (Å²) in [6.07, 6.45) is 0.740. The molecule has 0 saturated heterocycles. The first-order valence-corrected chi connectivity index (χ1v) is 5.73. The maximum absolute atomic E-state index is 9.03. The Morgan fingerprint density at radius 1 is 1.44 bits per heavy atom. The minimum Gasteiger partial charge on any atom is -0.396 e. The predicted octanol–water partition coefficient (Wildman–Crippen LogP) is 1.87. The van der Waals surface area contributed by atoms with E-state index in [-0.39, 0.29) is 12.6 Å². The number of nitrogens with one attached hydrogen (secondary N) is 1. The van der Waals surface area contributed by atoms with Gasteiger partial charge in [-0.1, -0.05) is 31.2 Å². The third kappa shape index (κ3) is 3.93. The van der Waals surface area contributed by atoms with Crippen LogP contribution in [0.3, 0.4) is 0 Å². The van der Waals surface area contributed by atoms with Crippen LogP contribution in [-0.4, -0.2) is 25.4 Å². The largest absolute Gasteiger partial charge is 0.396 e. The second kappa shape index (κ2) is 7.39. The zero-order valence-corrected chi connectivity index (χ0v) is 10.1. The van der Waals surface area contributed by atoms with Crippen LogP contribution < -0.4 is 5.32 Å². The number of hydrogen-bond donors (Lipinski definition) is 2. The molecular weight excluding hydrogens is 202 g/mol. The lowest BCUT2D eigenvalue weighted by Crippen LogP contribution is -2.22. The van der Waals surface area contributed by atoms with Gasteiger partial charge < -0.3 is 15.2 Å². The van der Waals surface area contributed by atoms with Crippen molar-refractivity contribution < 1.29 is 9.84 Å². The fourth-order valence-electron chi connectivity index (χ4n) is 1.83. The summed E-state index contributed by atoms with van der Waals surface area (Å²) in [7, 11) is 1.70. The first-order valence-electron chi connectivity index (χ1n) is 5.73. The summed E-state index contributed by atoms with van der Waals surface area (Å²) in [5.74, 6) is 0. The minimum atomic E-state index is 0.201. The average molecular weight is 223 g/mol. The second-order valence-electron chi connectivity index (χ2n) is 3.80. The molecule has 2 N–H and O–H groups in total. The highest BCUT2D eigenvalue weighted by molar-refractivity contribution is 5.25. The van der Waals surface area contributed by atoms with Crippen molar-refractivity contribution in [3.05, 3.63) is 35.4 Å². The number of methoxy groups -OCH3 is 1. The lowest BCUT2D eigenvalue weighted by Gasteiger charge is -2.18. The van der Waals surface area contributed by atoms with Gasteiger partial charge in [0.05, 0.1) is 6.61 Å². The summed E-state index contributed by atoms with van der Waals surface area (Å²) in [4.78, 5) is 0. The molecule has 0 amide bonds. The van der Waals surface area contributed by atoms with E-state index in [0.717, 1.165) is 13.0 Å². The van der Waals surface area contributed by atoms with Crippen molar-refractivity contribution in [1.82, 2.24) is 5.32 Å². The number of ether oxygens (including phenoxy) is 1. The van der Waals surface area contributed by atoms with E-state index >= 15 is 0 Å². The Bertz CT molecular complexity index is 296. The summed E-state index contributed by atoms with van der Waals surface area (Å²) in [5.41, 5.74) is 2.38. The minimum absolute atomic E-state index is 0.201. The zero-order chi connectivity index (χ0) is 11.8. The lowest BCUT2D eigenvalue weighted by atomic mass is 10.0. The molecule has 0 heterocycles. The van der Waals surface area contributed by atoms with Gasteiger partial charge in [0.25, 0.3) is 0 Å². The highest BCUT2D eigenvalue weighted by Crippen LogP contribution is 2.18. The molecule has 0 bridgehead atoms. The van der Waals surface area contributed by atoms with Crippen LogP contribution in [0, 0.1) is 0 Å². The van der Waals surface area contributed by atoms with E-state index in [1.54, 1.807) is 7.11 Å². The molecule has 0 saturated carbocycles. The molecule has 0 aliphatic heterocycles. The van der Waals surface area contributed by atoms with Crippen molar-refractivity contribution in [1.29, 1.82) is 0 Å². The maximum Gasteiger partial charge on any atom is 0.0713 e. The Balaban J connectivity index is 2.77. The van der Waals surface area contributed by atoms with Gasteiger partial charge >= 0.3 is 0 Å². The zero-order valence-electron chi connectivity index (χ0n) is 10.1. The fourth-order valence-corrected chi connectivity index (χ4v) is 1.83. The fraction of sp³-hybridized carbons (Fsp3) is 0.538. The molecule has 3 nitrogen and oxygen atoms in total. The average Bonchev–Trinajstić information content (AvgIpc) is 2.30. The third-order valence-electron chi connectivity index (χ3n) is 2.53. The van der Waals surface area contributed by atoms with E-state index in [0.29, 0.717) is 6.61 Å². The topological polar surface area (TPSA) is 41.5 Å². The van der Waals surface area contributed by atoms with Gasteiger partial charge in [0, 0.05) is 19.8 Å². The normalized spacial score (nSPS) is 12.7. The molecule has 0 aliphatic carbocycles. The highest BCUT2D eigenvalue weighted by Gasteiger charge is 2.09. The van der Waals surface area contributed by atoms with Gasteiger partial charge in [-0.2, -0.15) is 0 Å². The summed E-state index contributed by atoms with van der Waals surface area (Å²) in [5, 5.41) is 12.4. The van der Waals surface area contributed by atoms with E-state index in [1.165, 1.54) is 11.1 Å². The van der Waals surface area contributed by atoms with Crippen LogP contribution in [0.2, 0.25) is 0 Å². The Morgan fingerprint density at radius 3 is 2.88 bits per heavy atom. The molecule has 90 valence electrons. The Kier molecular flexibility index (Phi) is 6.08. The second-order valence-corrected chi connectivity index (χ2v) is 3.80.